The number of amides is 3. The third-order valence-corrected chi connectivity index (χ3v) is 5.09. The molecule has 3 amide bonds. The van der Waals surface area contributed by atoms with Crippen LogP contribution in [0.5, 0.6) is 0 Å². The van der Waals surface area contributed by atoms with Crippen molar-refractivity contribution >= 4 is 23.4 Å². The Morgan fingerprint density at radius 1 is 0.935 bits per heavy atom. The lowest BCUT2D eigenvalue weighted by Gasteiger charge is -2.35. The number of benzene rings is 1. The van der Waals surface area contributed by atoms with E-state index in [-0.39, 0.29) is 11.9 Å². The molecule has 31 heavy (non-hydrogen) atoms. The highest BCUT2D eigenvalue weighted by Crippen LogP contribution is 2.15. The lowest BCUT2D eigenvalue weighted by molar-refractivity contribution is 0.0951. The van der Waals surface area contributed by atoms with Gasteiger partial charge in [-0.2, -0.15) is 0 Å². The second-order valence-electron chi connectivity index (χ2n) is 7.22. The van der Waals surface area contributed by atoms with Gasteiger partial charge in [-0.15, -0.1) is 0 Å². The third kappa shape index (κ3) is 5.36. The van der Waals surface area contributed by atoms with Gasteiger partial charge in [-0.05, 0) is 42.0 Å². The highest BCUT2D eigenvalue weighted by atomic mass is 16.2. The zero-order valence-electron chi connectivity index (χ0n) is 17.1. The number of piperazine rings is 1. The second kappa shape index (κ2) is 9.71. The molecular formula is C23H24N6O2. The lowest BCUT2D eigenvalue weighted by atomic mass is 10.2. The standard InChI is InChI=1S/C23H24N6O2/c30-22(26-17-18-5-4-9-24-16-18)19-6-3-7-20(15-19)27-23(31)29-13-11-28(12-14-29)21-8-1-2-10-25-21/h1-10,15-16H,11-14,17H2,(H,26,30)(H,27,31). The van der Waals surface area contributed by atoms with Gasteiger partial charge in [0, 0.05) is 62.6 Å². The molecule has 0 bridgehead atoms. The molecule has 0 radical (unpaired) electrons. The molecule has 1 fully saturated rings. The molecular weight excluding hydrogens is 392 g/mol. The minimum atomic E-state index is -0.205. The Bertz CT molecular complexity index is 1020. The van der Waals surface area contributed by atoms with Crippen molar-refractivity contribution in [3.05, 3.63) is 84.3 Å². The second-order valence-corrected chi connectivity index (χ2v) is 7.22. The Kier molecular flexibility index (Phi) is 6.37. The van der Waals surface area contributed by atoms with Crippen LogP contribution in [0.25, 0.3) is 0 Å². The number of rotatable bonds is 5. The first-order valence-electron chi connectivity index (χ1n) is 10.2. The van der Waals surface area contributed by atoms with Gasteiger partial charge >= 0.3 is 6.03 Å². The van der Waals surface area contributed by atoms with Crippen molar-refractivity contribution in [2.75, 3.05) is 36.4 Å². The average molecular weight is 416 g/mol. The highest BCUT2D eigenvalue weighted by Gasteiger charge is 2.22. The predicted molar refractivity (Wildman–Crippen MR) is 119 cm³/mol. The topological polar surface area (TPSA) is 90.5 Å². The number of aromatic nitrogens is 2. The fourth-order valence-electron chi connectivity index (χ4n) is 3.41. The summed E-state index contributed by atoms with van der Waals surface area (Å²) in [6.45, 7) is 3.05. The van der Waals surface area contributed by atoms with E-state index >= 15 is 0 Å². The monoisotopic (exact) mass is 416 g/mol. The van der Waals surface area contributed by atoms with Crippen LogP contribution < -0.4 is 15.5 Å². The molecule has 3 aromatic rings. The lowest BCUT2D eigenvalue weighted by Crippen LogP contribution is -2.50. The SMILES string of the molecule is O=C(NCc1cccnc1)c1cccc(NC(=O)N2CCN(c3ccccn3)CC2)c1. The van der Waals surface area contributed by atoms with Gasteiger partial charge in [0.05, 0.1) is 0 Å². The first-order valence-corrected chi connectivity index (χ1v) is 10.2. The minimum absolute atomic E-state index is 0.173. The number of hydrogen-bond donors (Lipinski definition) is 2. The van der Waals surface area contributed by atoms with E-state index in [1.54, 1.807) is 47.8 Å². The molecule has 0 spiro atoms. The molecule has 158 valence electrons. The Labute approximate surface area is 180 Å². The summed E-state index contributed by atoms with van der Waals surface area (Å²) < 4.78 is 0. The number of hydrogen-bond acceptors (Lipinski definition) is 5. The van der Waals surface area contributed by atoms with E-state index < -0.39 is 0 Å². The van der Waals surface area contributed by atoms with Crippen molar-refractivity contribution < 1.29 is 9.59 Å². The largest absolute Gasteiger partial charge is 0.353 e. The van der Waals surface area contributed by atoms with E-state index in [4.69, 9.17) is 0 Å². The van der Waals surface area contributed by atoms with E-state index in [1.165, 1.54) is 0 Å². The molecule has 4 rings (SSSR count). The van der Waals surface area contributed by atoms with Gasteiger partial charge in [-0.1, -0.05) is 18.2 Å². The molecule has 0 saturated carbocycles. The Morgan fingerprint density at radius 2 is 1.81 bits per heavy atom. The number of nitrogens with one attached hydrogen (secondary N) is 2. The van der Waals surface area contributed by atoms with Crippen LogP contribution in [-0.4, -0.2) is 53.0 Å². The molecule has 0 atom stereocenters. The average Bonchev–Trinajstić information content (AvgIpc) is 2.84. The zero-order valence-corrected chi connectivity index (χ0v) is 17.1. The van der Waals surface area contributed by atoms with Crippen molar-refractivity contribution in [1.29, 1.82) is 0 Å². The van der Waals surface area contributed by atoms with E-state index in [2.05, 4.69) is 25.5 Å². The summed E-state index contributed by atoms with van der Waals surface area (Å²) >= 11 is 0. The Balaban J connectivity index is 1.30. The molecule has 8 heteroatoms. The van der Waals surface area contributed by atoms with E-state index in [0.717, 1.165) is 24.5 Å². The van der Waals surface area contributed by atoms with Gasteiger partial charge in [-0.25, -0.2) is 9.78 Å². The summed E-state index contributed by atoms with van der Waals surface area (Å²) in [6, 6.07) is 16.3. The van der Waals surface area contributed by atoms with Crippen LogP contribution >= 0.6 is 0 Å². The normalized spacial score (nSPS) is 13.5. The van der Waals surface area contributed by atoms with E-state index in [0.29, 0.717) is 30.9 Å². The number of nitrogens with zero attached hydrogens (tertiary/aromatic N) is 4. The smallest absolute Gasteiger partial charge is 0.321 e. The molecule has 1 aliphatic heterocycles. The van der Waals surface area contributed by atoms with Crippen LogP contribution in [0.2, 0.25) is 0 Å². The molecule has 1 saturated heterocycles. The predicted octanol–water partition coefficient (Wildman–Crippen LogP) is 2.76. The third-order valence-electron chi connectivity index (χ3n) is 5.09. The number of carbonyl (C=O) groups excluding carboxylic acids is 2. The maximum Gasteiger partial charge on any atom is 0.321 e. The summed E-state index contributed by atoms with van der Waals surface area (Å²) in [5.41, 5.74) is 2.00. The Hall–Kier alpha value is -3.94. The van der Waals surface area contributed by atoms with Crippen molar-refractivity contribution in [3.63, 3.8) is 0 Å². The quantitative estimate of drug-likeness (QED) is 0.668. The van der Waals surface area contributed by atoms with Crippen molar-refractivity contribution in [3.8, 4) is 0 Å². The minimum Gasteiger partial charge on any atom is -0.353 e. The van der Waals surface area contributed by atoms with Gasteiger partial charge in [0.2, 0.25) is 0 Å². The first kappa shape index (κ1) is 20.3. The molecule has 1 aromatic carbocycles. The fourth-order valence-corrected chi connectivity index (χ4v) is 3.41. The number of anilines is 2. The van der Waals surface area contributed by atoms with Crippen LogP contribution in [0, 0.1) is 0 Å². The van der Waals surface area contributed by atoms with Gasteiger partial charge in [-0.3, -0.25) is 9.78 Å². The summed E-state index contributed by atoms with van der Waals surface area (Å²) in [5, 5.41) is 5.76. The first-order chi connectivity index (χ1) is 15.2. The van der Waals surface area contributed by atoms with E-state index in [9.17, 15) is 9.59 Å². The maximum atomic E-state index is 12.7. The Morgan fingerprint density at radius 3 is 2.55 bits per heavy atom. The molecule has 0 unspecified atom stereocenters. The summed E-state index contributed by atoms with van der Waals surface area (Å²) in [4.78, 5) is 37.5. The molecule has 2 aromatic heterocycles. The van der Waals surface area contributed by atoms with Crippen molar-refractivity contribution in [2.45, 2.75) is 6.54 Å². The van der Waals surface area contributed by atoms with Gasteiger partial charge in [0.25, 0.3) is 5.91 Å². The highest BCUT2D eigenvalue weighted by molar-refractivity contribution is 5.96. The number of carbonyl (C=O) groups is 2. The summed E-state index contributed by atoms with van der Waals surface area (Å²) in [5.74, 6) is 0.719. The molecule has 2 N–H and O–H groups in total. The van der Waals surface area contributed by atoms with Crippen molar-refractivity contribution in [2.24, 2.45) is 0 Å². The van der Waals surface area contributed by atoms with E-state index in [1.807, 2.05) is 30.3 Å². The molecule has 3 heterocycles. The van der Waals surface area contributed by atoms with Gasteiger partial charge in [0.15, 0.2) is 0 Å². The number of pyridine rings is 2. The van der Waals surface area contributed by atoms with Crippen LogP contribution in [0.15, 0.2) is 73.2 Å². The fraction of sp³-hybridized carbons (Fsp3) is 0.217. The number of urea groups is 1. The molecule has 0 aliphatic carbocycles. The molecule has 1 aliphatic rings. The summed E-state index contributed by atoms with van der Waals surface area (Å²) in [7, 11) is 0. The zero-order chi connectivity index (χ0) is 21.5. The van der Waals surface area contributed by atoms with Crippen LogP contribution in [0.1, 0.15) is 15.9 Å². The van der Waals surface area contributed by atoms with Gasteiger partial charge in [0.1, 0.15) is 5.82 Å². The van der Waals surface area contributed by atoms with Crippen molar-refractivity contribution in [1.82, 2.24) is 20.2 Å². The van der Waals surface area contributed by atoms with Crippen LogP contribution in [0.3, 0.4) is 0 Å². The van der Waals surface area contributed by atoms with Crippen LogP contribution in [0.4, 0.5) is 16.3 Å². The van der Waals surface area contributed by atoms with Gasteiger partial charge < -0.3 is 20.4 Å². The summed E-state index contributed by atoms with van der Waals surface area (Å²) in [6.07, 6.45) is 5.18. The van der Waals surface area contributed by atoms with Crippen LogP contribution in [-0.2, 0) is 6.54 Å². The maximum absolute atomic E-state index is 12.7. The molecule has 8 nitrogen and oxygen atoms in total.